The van der Waals surface area contributed by atoms with Crippen LogP contribution in [0.3, 0.4) is 0 Å². The molecule has 32 heavy (non-hydrogen) atoms. The molecule has 0 unspecified atom stereocenters. The smallest absolute Gasteiger partial charge is 0.269 e. The number of nitrogens with zero attached hydrogens (tertiary/aromatic N) is 2. The molecule has 0 radical (unpaired) electrons. The van der Waals surface area contributed by atoms with E-state index in [-0.39, 0.29) is 22.9 Å². The Morgan fingerprint density at radius 1 is 1.03 bits per heavy atom. The van der Waals surface area contributed by atoms with Crippen molar-refractivity contribution in [1.29, 1.82) is 0 Å². The zero-order chi connectivity index (χ0) is 23.7. The summed E-state index contributed by atoms with van der Waals surface area (Å²) in [7, 11) is -4.14. The molecule has 0 bridgehead atoms. The zero-order valence-electron chi connectivity index (χ0n) is 18.5. The van der Waals surface area contributed by atoms with Gasteiger partial charge < -0.3 is 10.2 Å². The summed E-state index contributed by atoms with van der Waals surface area (Å²) in [6.07, 6.45) is 0. The molecule has 1 N–H and O–H groups in total. The average molecular weight is 458 g/mol. The van der Waals surface area contributed by atoms with Crippen LogP contribution in [-0.4, -0.2) is 53.5 Å². The molecule has 8 nitrogen and oxygen atoms in total. The molecular formula is C23H27N3O5S. The number of fused-ring (bicyclic) bond motifs is 1. The number of rotatable bonds is 6. The van der Waals surface area contributed by atoms with Crippen molar-refractivity contribution in [3.05, 3.63) is 65.7 Å². The van der Waals surface area contributed by atoms with Crippen LogP contribution in [-0.2, 0) is 26.2 Å². The Kier molecular flexibility index (Phi) is 6.41. The Hall–Kier alpha value is -3.20. The second kappa shape index (κ2) is 8.74. The Morgan fingerprint density at radius 2 is 1.62 bits per heavy atom. The van der Waals surface area contributed by atoms with Crippen LogP contribution in [0.2, 0.25) is 0 Å². The molecule has 0 saturated heterocycles. The summed E-state index contributed by atoms with van der Waals surface area (Å²) in [5.74, 6) is -1.77. The summed E-state index contributed by atoms with van der Waals surface area (Å²) in [5.41, 5.74) is 0.298. The summed E-state index contributed by atoms with van der Waals surface area (Å²) in [4.78, 5) is 40.0. The van der Waals surface area contributed by atoms with Gasteiger partial charge in [0.2, 0.25) is 11.8 Å². The largest absolute Gasteiger partial charge is 0.350 e. The lowest BCUT2D eigenvalue weighted by Gasteiger charge is -2.32. The van der Waals surface area contributed by atoms with Crippen LogP contribution in [0.1, 0.15) is 43.6 Å². The highest BCUT2D eigenvalue weighted by molar-refractivity contribution is 7.90. The van der Waals surface area contributed by atoms with Crippen LogP contribution in [0.5, 0.6) is 0 Å². The standard InChI is InChI=1S/C23H27N3O5S/c1-16(21(28)24-23(2,3)4)25(14-17-10-6-5-7-11-17)20(27)15-26-22(29)18-12-8-9-13-19(18)32(26,30)31/h5-13,16H,14-15H2,1-4H3,(H,24,28)/t16-/m1/s1. The number of nitrogens with one attached hydrogen (secondary N) is 1. The van der Waals surface area contributed by atoms with E-state index in [2.05, 4.69) is 5.32 Å². The third-order valence-electron chi connectivity index (χ3n) is 5.05. The van der Waals surface area contributed by atoms with Crippen LogP contribution in [0, 0.1) is 0 Å². The second-order valence-corrected chi connectivity index (χ2v) is 10.6. The third kappa shape index (κ3) is 4.83. The molecule has 3 rings (SSSR count). The van der Waals surface area contributed by atoms with E-state index < -0.39 is 40.0 Å². The molecule has 170 valence electrons. The Labute approximate surface area is 188 Å². The second-order valence-electron chi connectivity index (χ2n) is 8.74. The van der Waals surface area contributed by atoms with Gasteiger partial charge in [-0.15, -0.1) is 0 Å². The quantitative estimate of drug-likeness (QED) is 0.716. The monoisotopic (exact) mass is 457 g/mol. The fourth-order valence-corrected chi connectivity index (χ4v) is 4.96. The van der Waals surface area contributed by atoms with Crippen molar-refractivity contribution >= 4 is 27.7 Å². The normalized spacial score (nSPS) is 15.8. The van der Waals surface area contributed by atoms with Crippen molar-refractivity contribution in [1.82, 2.24) is 14.5 Å². The SMILES string of the molecule is C[C@H](C(=O)NC(C)(C)C)N(Cc1ccccc1)C(=O)CN1C(=O)c2ccccc2S1(=O)=O. The summed E-state index contributed by atoms with van der Waals surface area (Å²) in [6, 6.07) is 14.0. The van der Waals surface area contributed by atoms with E-state index in [9.17, 15) is 22.8 Å². The third-order valence-corrected chi connectivity index (χ3v) is 6.84. The van der Waals surface area contributed by atoms with Gasteiger partial charge in [0.15, 0.2) is 0 Å². The van der Waals surface area contributed by atoms with E-state index in [1.807, 2.05) is 51.1 Å². The van der Waals surface area contributed by atoms with Gasteiger partial charge in [0, 0.05) is 12.1 Å². The number of benzene rings is 2. The zero-order valence-corrected chi connectivity index (χ0v) is 19.3. The first kappa shape index (κ1) is 23.5. The van der Waals surface area contributed by atoms with Gasteiger partial charge in [-0.3, -0.25) is 14.4 Å². The maximum absolute atomic E-state index is 13.3. The van der Waals surface area contributed by atoms with E-state index in [0.29, 0.717) is 4.31 Å². The highest BCUT2D eigenvalue weighted by Gasteiger charge is 2.43. The number of carbonyl (C=O) groups is 3. The van der Waals surface area contributed by atoms with Gasteiger partial charge in [-0.1, -0.05) is 42.5 Å². The number of hydrogen-bond donors (Lipinski definition) is 1. The summed E-state index contributed by atoms with van der Waals surface area (Å²) in [5, 5.41) is 2.84. The minimum Gasteiger partial charge on any atom is -0.350 e. The van der Waals surface area contributed by atoms with Crippen molar-refractivity contribution in [2.75, 3.05) is 6.54 Å². The Balaban J connectivity index is 1.89. The lowest BCUT2D eigenvalue weighted by molar-refractivity contribution is -0.141. The average Bonchev–Trinajstić information content (AvgIpc) is 2.92. The first-order chi connectivity index (χ1) is 14.9. The maximum Gasteiger partial charge on any atom is 0.269 e. The van der Waals surface area contributed by atoms with Crippen LogP contribution >= 0.6 is 0 Å². The van der Waals surface area contributed by atoms with Gasteiger partial charge in [0.05, 0.1) is 5.56 Å². The molecule has 0 saturated carbocycles. The van der Waals surface area contributed by atoms with E-state index in [1.165, 1.54) is 23.1 Å². The highest BCUT2D eigenvalue weighted by Crippen LogP contribution is 2.30. The minimum atomic E-state index is -4.14. The Bertz CT molecular complexity index is 1140. The molecule has 2 aromatic carbocycles. The molecule has 1 heterocycles. The maximum atomic E-state index is 13.3. The molecule has 1 atom stereocenters. The molecule has 1 aliphatic rings. The molecule has 0 aliphatic carbocycles. The van der Waals surface area contributed by atoms with E-state index in [1.54, 1.807) is 13.0 Å². The number of sulfonamides is 1. The lowest BCUT2D eigenvalue weighted by Crippen LogP contribution is -2.54. The molecule has 1 aliphatic heterocycles. The molecule has 0 fully saturated rings. The van der Waals surface area contributed by atoms with Crippen LogP contribution in [0.15, 0.2) is 59.5 Å². The first-order valence-electron chi connectivity index (χ1n) is 10.2. The Morgan fingerprint density at radius 3 is 2.22 bits per heavy atom. The van der Waals surface area contributed by atoms with Crippen molar-refractivity contribution in [3.63, 3.8) is 0 Å². The van der Waals surface area contributed by atoms with Gasteiger partial charge in [-0.25, -0.2) is 12.7 Å². The predicted molar refractivity (Wildman–Crippen MR) is 119 cm³/mol. The molecule has 0 aromatic heterocycles. The first-order valence-corrected chi connectivity index (χ1v) is 11.7. The van der Waals surface area contributed by atoms with Crippen molar-refractivity contribution in [3.8, 4) is 0 Å². The predicted octanol–water partition coefficient (Wildman–Crippen LogP) is 2.16. The molecule has 9 heteroatoms. The fourth-order valence-electron chi connectivity index (χ4n) is 3.44. The van der Waals surface area contributed by atoms with E-state index >= 15 is 0 Å². The topological polar surface area (TPSA) is 104 Å². The van der Waals surface area contributed by atoms with Gasteiger partial charge in [-0.2, -0.15) is 0 Å². The number of carbonyl (C=O) groups excluding carboxylic acids is 3. The molecule has 2 aromatic rings. The van der Waals surface area contributed by atoms with Crippen molar-refractivity contribution in [2.24, 2.45) is 0 Å². The van der Waals surface area contributed by atoms with E-state index in [4.69, 9.17) is 0 Å². The lowest BCUT2D eigenvalue weighted by atomic mass is 10.1. The van der Waals surface area contributed by atoms with Crippen LogP contribution < -0.4 is 5.32 Å². The number of amides is 3. The van der Waals surface area contributed by atoms with Gasteiger partial charge in [0.1, 0.15) is 17.5 Å². The summed E-state index contributed by atoms with van der Waals surface area (Å²) in [6.45, 7) is 6.47. The van der Waals surface area contributed by atoms with E-state index in [0.717, 1.165) is 5.56 Å². The molecule has 3 amide bonds. The van der Waals surface area contributed by atoms with Crippen molar-refractivity contribution in [2.45, 2.75) is 50.7 Å². The van der Waals surface area contributed by atoms with Gasteiger partial charge in [0.25, 0.3) is 15.9 Å². The summed E-state index contributed by atoms with van der Waals surface area (Å²) < 4.78 is 26.3. The van der Waals surface area contributed by atoms with Crippen molar-refractivity contribution < 1.29 is 22.8 Å². The number of hydrogen-bond acceptors (Lipinski definition) is 5. The molecular weight excluding hydrogens is 430 g/mol. The highest BCUT2D eigenvalue weighted by atomic mass is 32.2. The van der Waals surface area contributed by atoms with Crippen LogP contribution in [0.4, 0.5) is 0 Å². The van der Waals surface area contributed by atoms with Crippen LogP contribution in [0.25, 0.3) is 0 Å². The summed E-state index contributed by atoms with van der Waals surface area (Å²) >= 11 is 0. The fraction of sp³-hybridized carbons (Fsp3) is 0.348. The van der Waals surface area contributed by atoms with Gasteiger partial charge in [-0.05, 0) is 45.4 Å². The van der Waals surface area contributed by atoms with Gasteiger partial charge >= 0.3 is 0 Å². The molecule has 0 spiro atoms. The minimum absolute atomic E-state index is 0.0356.